The molecule has 2 rings (SSSR count). The van der Waals surface area contributed by atoms with Crippen LogP contribution in [0.3, 0.4) is 0 Å². The molecule has 0 radical (unpaired) electrons. The number of anilines is 1. The fraction of sp³-hybridized carbons (Fsp3) is 0.0714. The van der Waals surface area contributed by atoms with Gasteiger partial charge in [0.2, 0.25) is 0 Å². The van der Waals surface area contributed by atoms with Crippen molar-refractivity contribution in [3.05, 3.63) is 58.4 Å². The summed E-state index contributed by atoms with van der Waals surface area (Å²) in [5.41, 5.74) is -1.33. The van der Waals surface area contributed by atoms with Crippen molar-refractivity contribution < 1.29 is 18.0 Å². The van der Waals surface area contributed by atoms with E-state index in [9.17, 15) is 18.0 Å². The number of carbonyl (C=O) groups is 1. The standard InChI is InChI=1S/C14H7ClF3N3O/c15-9-2-4-12(11(5-9)14(16,17)18)21-13(22)8-1-3-10(6-19)20-7-8/h1-5,7H,(H,21,22). The first kappa shape index (κ1) is 15.8. The molecule has 0 bridgehead atoms. The molecule has 0 fully saturated rings. The Kier molecular flexibility index (Phi) is 4.33. The number of benzene rings is 1. The van der Waals surface area contributed by atoms with Gasteiger partial charge in [-0.05, 0) is 30.3 Å². The summed E-state index contributed by atoms with van der Waals surface area (Å²) in [7, 11) is 0. The van der Waals surface area contributed by atoms with Crippen molar-refractivity contribution in [1.29, 1.82) is 5.26 Å². The highest BCUT2D eigenvalue weighted by Crippen LogP contribution is 2.36. The van der Waals surface area contributed by atoms with E-state index in [0.717, 1.165) is 18.3 Å². The molecule has 22 heavy (non-hydrogen) atoms. The number of rotatable bonds is 2. The van der Waals surface area contributed by atoms with Crippen LogP contribution in [-0.2, 0) is 6.18 Å². The zero-order valence-electron chi connectivity index (χ0n) is 10.8. The third-order valence-electron chi connectivity index (χ3n) is 2.68. The van der Waals surface area contributed by atoms with E-state index >= 15 is 0 Å². The van der Waals surface area contributed by atoms with Crippen molar-refractivity contribution >= 4 is 23.2 Å². The van der Waals surface area contributed by atoms with E-state index in [-0.39, 0.29) is 16.3 Å². The van der Waals surface area contributed by atoms with Gasteiger partial charge in [0.05, 0.1) is 16.8 Å². The molecule has 0 aliphatic rings. The van der Waals surface area contributed by atoms with Crippen LogP contribution < -0.4 is 5.32 Å². The van der Waals surface area contributed by atoms with Crippen LogP contribution in [0.1, 0.15) is 21.6 Å². The lowest BCUT2D eigenvalue weighted by Crippen LogP contribution is -2.17. The summed E-state index contributed by atoms with van der Waals surface area (Å²) in [5.74, 6) is -0.773. The molecular weight excluding hydrogens is 319 g/mol. The predicted octanol–water partition coefficient (Wildman–Crippen LogP) is 3.88. The monoisotopic (exact) mass is 325 g/mol. The van der Waals surface area contributed by atoms with Gasteiger partial charge in [-0.25, -0.2) is 4.98 Å². The Labute approximate surface area is 128 Å². The van der Waals surface area contributed by atoms with Crippen LogP contribution in [0.15, 0.2) is 36.5 Å². The first-order valence-electron chi connectivity index (χ1n) is 5.85. The number of amides is 1. The highest BCUT2D eigenvalue weighted by Gasteiger charge is 2.34. The lowest BCUT2D eigenvalue weighted by Gasteiger charge is -2.14. The van der Waals surface area contributed by atoms with Gasteiger partial charge in [0.1, 0.15) is 11.8 Å². The molecule has 0 unspecified atom stereocenters. The Balaban J connectivity index is 2.30. The molecule has 4 nitrogen and oxygen atoms in total. The largest absolute Gasteiger partial charge is 0.418 e. The Morgan fingerprint density at radius 3 is 2.55 bits per heavy atom. The quantitative estimate of drug-likeness (QED) is 0.911. The van der Waals surface area contributed by atoms with Crippen molar-refractivity contribution in [3.8, 4) is 6.07 Å². The highest BCUT2D eigenvalue weighted by atomic mass is 35.5. The maximum atomic E-state index is 12.9. The normalized spacial score (nSPS) is 10.9. The maximum Gasteiger partial charge on any atom is 0.418 e. The number of pyridine rings is 1. The van der Waals surface area contributed by atoms with Crippen LogP contribution in [0.5, 0.6) is 0 Å². The Morgan fingerprint density at radius 2 is 2.00 bits per heavy atom. The first-order chi connectivity index (χ1) is 10.3. The van der Waals surface area contributed by atoms with Gasteiger partial charge in [0.15, 0.2) is 0 Å². The van der Waals surface area contributed by atoms with Crippen molar-refractivity contribution in [1.82, 2.24) is 4.98 Å². The van der Waals surface area contributed by atoms with Gasteiger partial charge < -0.3 is 5.32 Å². The van der Waals surface area contributed by atoms with E-state index in [2.05, 4.69) is 10.3 Å². The molecule has 2 aromatic rings. The molecule has 1 aromatic carbocycles. The maximum absolute atomic E-state index is 12.9. The molecule has 1 amide bonds. The highest BCUT2D eigenvalue weighted by molar-refractivity contribution is 6.30. The average molecular weight is 326 g/mol. The topological polar surface area (TPSA) is 65.8 Å². The number of nitriles is 1. The van der Waals surface area contributed by atoms with Crippen molar-refractivity contribution in [2.45, 2.75) is 6.18 Å². The molecule has 0 saturated heterocycles. The number of carbonyl (C=O) groups excluding carboxylic acids is 1. The molecule has 0 aliphatic carbocycles. The summed E-state index contributed by atoms with van der Waals surface area (Å²) in [4.78, 5) is 15.6. The lowest BCUT2D eigenvalue weighted by atomic mass is 10.1. The SMILES string of the molecule is N#Cc1ccc(C(=O)Nc2ccc(Cl)cc2C(F)(F)F)cn1. The van der Waals surface area contributed by atoms with Crippen LogP contribution in [0.25, 0.3) is 0 Å². The molecule has 0 spiro atoms. The number of hydrogen-bond acceptors (Lipinski definition) is 3. The molecule has 0 aliphatic heterocycles. The van der Waals surface area contributed by atoms with E-state index in [1.807, 2.05) is 0 Å². The minimum Gasteiger partial charge on any atom is -0.321 e. The Bertz CT molecular complexity index is 751. The molecule has 0 atom stereocenters. The third-order valence-corrected chi connectivity index (χ3v) is 2.91. The first-order valence-corrected chi connectivity index (χ1v) is 6.23. The minimum absolute atomic E-state index is 0.0297. The smallest absolute Gasteiger partial charge is 0.321 e. The average Bonchev–Trinajstić information content (AvgIpc) is 2.48. The minimum atomic E-state index is -4.66. The van der Waals surface area contributed by atoms with E-state index in [4.69, 9.17) is 16.9 Å². The number of halogens is 4. The van der Waals surface area contributed by atoms with Crippen LogP contribution >= 0.6 is 11.6 Å². The Morgan fingerprint density at radius 1 is 1.27 bits per heavy atom. The summed E-state index contributed by atoms with van der Waals surface area (Å²) in [5, 5.41) is 10.7. The number of nitrogens with one attached hydrogen (secondary N) is 1. The third kappa shape index (κ3) is 3.54. The second-order valence-corrected chi connectivity index (χ2v) is 4.62. The molecule has 0 saturated carbocycles. The summed E-state index contributed by atoms with van der Waals surface area (Å²) >= 11 is 5.56. The summed E-state index contributed by atoms with van der Waals surface area (Å²) < 4.78 is 38.8. The van der Waals surface area contributed by atoms with Crippen LogP contribution in [0, 0.1) is 11.3 Å². The van der Waals surface area contributed by atoms with Gasteiger partial charge in [-0.2, -0.15) is 18.4 Å². The molecule has 1 heterocycles. The molecule has 112 valence electrons. The number of alkyl halides is 3. The van der Waals surface area contributed by atoms with Gasteiger partial charge in [-0.15, -0.1) is 0 Å². The van der Waals surface area contributed by atoms with E-state index in [1.165, 1.54) is 18.2 Å². The molecule has 1 aromatic heterocycles. The second-order valence-electron chi connectivity index (χ2n) is 4.19. The van der Waals surface area contributed by atoms with Crippen LogP contribution in [0.4, 0.5) is 18.9 Å². The van der Waals surface area contributed by atoms with Crippen LogP contribution in [0.2, 0.25) is 5.02 Å². The van der Waals surface area contributed by atoms with Gasteiger partial charge in [0.25, 0.3) is 5.91 Å². The predicted molar refractivity (Wildman–Crippen MR) is 73.4 cm³/mol. The van der Waals surface area contributed by atoms with Gasteiger partial charge in [-0.3, -0.25) is 4.79 Å². The summed E-state index contributed by atoms with van der Waals surface area (Å²) in [6.45, 7) is 0. The molecule has 8 heteroatoms. The van der Waals surface area contributed by atoms with Gasteiger partial charge in [0, 0.05) is 11.2 Å². The van der Waals surface area contributed by atoms with Crippen LogP contribution in [-0.4, -0.2) is 10.9 Å². The van der Waals surface area contributed by atoms with E-state index in [1.54, 1.807) is 6.07 Å². The zero-order valence-corrected chi connectivity index (χ0v) is 11.5. The summed E-state index contributed by atoms with van der Waals surface area (Å²) in [6, 6.07) is 7.40. The number of aromatic nitrogens is 1. The second kappa shape index (κ2) is 6.03. The zero-order chi connectivity index (χ0) is 16.3. The summed E-state index contributed by atoms with van der Waals surface area (Å²) in [6.07, 6.45) is -3.55. The van der Waals surface area contributed by atoms with Gasteiger partial charge in [-0.1, -0.05) is 11.6 Å². The molecule has 1 N–H and O–H groups in total. The lowest BCUT2D eigenvalue weighted by molar-refractivity contribution is -0.136. The van der Waals surface area contributed by atoms with Gasteiger partial charge >= 0.3 is 6.18 Å². The van der Waals surface area contributed by atoms with Crippen molar-refractivity contribution in [2.75, 3.05) is 5.32 Å². The fourth-order valence-corrected chi connectivity index (χ4v) is 1.82. The van der Waals surface area contributed by atoms with E-state index < -0.39 is 23.3 Å². The fourth-order valence-electron chi connectivity index (χ4n) is 1.65. The van der Waals surface area contributed by atoms with E-state index in [0.29, 0.717) is 0 Å². The number of hydrogen-bond donors (Lipinski definition) is 1. The van der Waals surface area contributed by atoms with Crippen molar-refractivity contribution in [2.24, 2.45) is 0 Å². The molecular formula is C14H7ClF3N3O. The van der Waals surface area contributed by atoms with Crippen molar-refractivity contribution in [3.63, 3.8) is 0 Å². The Hall–Kier alpha value is -2.59. The number of nitrogens with zero attached hydrogens (tertiary/aromatic N) is 2.